The number of alkyl halides is 3. The van der Waals surface area contributed by atoms with Crippen molar-refractivity contribution < 1.29 is 18.3 Å². The van der Waals surface area contributed by atoms with E-state index in [9.17, 15) is 13.6 Å². The number of rotatable bonds is 3. The van der Waals surface area contributed by atoms with Crippen molar-refractivity contribution in [2.75, 3.05) is 7.11 Å². The van der Waals surface area contributed by atoms with Gasteiger partial charge in [0.2, 0.25) is 0 Å². The van der Waals surface area contributed by atoms with E-state index >= 15 is 0 Å². The average molecular weight is 294 g/mol. The lowest BCUT2D eigenvalue weighted by molar-refractivity contribution is 0.0599. The minimum Gasteiger partial charge on any atom is -0.465 e. The fraction of sp³-hybridized carbons (Fsp3) is 0.400. The largest absolute Gasteiger partial charge is 0.465 e. The van der Waals surface area contributed by atoms with Gasteiger partial charge in [0.25, 0.3) is 6.43 Å². The van der Waals surface area contributed by atoms with E-state index in [1.54, 1.807) is 6.92 Å². The fourth-order valence-electron chi connectivity index (χ4n) is 1.25. The first-order chi connectivity index (χ1) is 7.51. The van der Waals surface area contributed by atoms with E-state index in [2.05, 4.69) is 25.7 Å². The van der Waals surface area contributed by atoms with Crippen molar-refractivity contribution in [1.29, 1.82) is 0 Å². The van der Waals surface area contributed by atoms with Crippen LogP contribution in [0.2, 0.25) is 0 Å². The molecule has 1 aromatic heterocycles. The number of hydrogen-bond acceptors (Lipinski definition) is 3. The van der Waals surface area contributed by atoms with Crippen LogP contribution in [0.3, 0.4) is 0 Å². The third-order valence-corrected chi connectivity index (χ3v) is 2.68. The molecular weight excluding hydrogens is 284 g/mol. The van der Waals surface area contributed by atoms with E-state index in [0.717, 1.165) is 6.07 Å². The topological polar surface area (TPSA) is 39.2 Å². The van der Waals surface area contributed by atoms with E-state index < -0.39 is 18.1 Å². The van der Waals surface area contributed by atoms with Crippen molar-refractivity contribution in [3.8, 4) is 0 Å². The molecule has 0 radical (unpaired) electrons. The Morgan fingerprint density at radius 1 is 1.62 bits per heavy atom. The zero-order valence-corrected chi connectivity index (χ0v) is 10.3. The highest BCUT2D eigenvalue weighted by atomic mass is 79.9. The van der Waals surface area contributed by atoms with Crippen LogP contribution in [0, 0.1) is 6.92 Å². The molecule has 16 heavy (non-hydrogen) atoms. The second-order valence-electron chi connectivity index (χ2n) is 3.09. The summed E-state index contributed by atoms with van der Waals surface area (Å²) in [7, 11) is 1.21. The minimum absolute atomic E-state index is 0.127. The Kier molecular flexibility index (Phi) is 4.35. The average Bonchev–Trinajstić information content (AvgIpc) is 2.28. The van der Waals surface area contributed by atoms with Crippen LogP contribution in [0.15, 0.2) is 6.07 Å². The number of halogens is 3. The molecule has 0 spiro atoms. The molecule has 0 aliphatic heterocycles. The third kappa shape index (κ3) is 2.55. The maximum absolute atomic E-state index is 12.5. The van der Waals surface area contributed by atoms with Crippen LogP contribution in [-0.2, 0) is 10.1 Å². The number of ether oxygens (including phenoxy) is 1. The van der Waals surface area contributed by atoms with Gasteiger partial charge in [-0.15, -0.1) is 0 Å². The zero-order valence-electron chi connectivity index (χ0n) is 8.76. The highest BCUT2D eigenvalue weighted by Gasteiger charge is 2.19. The van der Waals surface area contributed by atoms with Gasteiger partial charge in [0, 0.05) is 5.33 Å². The van der Waals surface area contributed by atoms with Gasteiger partial charge in [-0.2, -0.15) is 0 Å². The summed E-state index contributed by atoms with van der Waals surface area (Å²) in [5, 5.41) is 0.309. The lowest BCUT2D eigenvalue weighted by Gasteiger charge is -2.10. The molecule has 0 amide bonds. The summed E-state index contributed by atoms with van der Waals surface area (Å²) in [6, 6.07) is 1.07. The second kappa shape index (κ2) is 5.34. The molecule has 0 N–H and O–H groups in total. The van der Waals surface area contributed by atoms with E-state index in [1.165, 1.54) is 7.11 Å². The third-order valence-electron chi connectivity index (χ3n) is 2.15. The quantitative estimate of drug-likeness (QED) is 0.635. The second-order valence-corrected chi connectivity index (χ2v) is 3.65. The molecule has 0 atom stereocenters. The lowest BCUT2D eigenvalue weighted by Crippen LogP contribution is -2.09. The van der Waals surface area contributed by atoms with E-state index in [-0.39, 0.29) is 5.56 Å². The Morgan fingerprint density at radius 2 is 2.25 bits per heavy atom. The molecule has 88 valence electrons. The minimum atomic E-state index is -2.71. The van der Waals surface area contributed by atoms with E-state index in [4.69, 9.17) is 0 Å². The number of esters is 1. The molecule has 1 rings (SSSR count). The van der Waals surface area contributed by atoms with Gasteiger partial charge in [-0.05, 0) is 18.6 Å². The summed E-state index contributed by atoms with van der Waals surface area (Å²) in [5.41, 5.74) is 0.675. The highest BCUT2D eigenvalue weighted by Crippen LogP contribution is 2.23. The normalized spacial score (nSPS) is 10.6. The van der Waals surface area contributed by atoms with Crippen LogP contribution in [0.25, 0.3) is 0 Å². The first-order valence-electron chi connectivity index (χ1n) is 4.44. The van der Waals surface area contributed by atoms with Crippen LogP contribution in [0.4, 0.5) is 8.78 Å². The number of carbonyl (C=O) groups is 1. The summed E-state index contributed by atoms with van der Waals surface area (Å²) < 4.78 is 29.6. The molecular formula is C10H10BrF2NO2. The molecule has 0 saturated heterocycles. The zero-order chi connectivity index (χ0) is 12.3. The SMILES string of the molecule is COC(=O)c1cc(C(F)F)nc(CBr)c1C. The predicted molar refractivity (Wildman–Crippen MR) is 57.9 cm³/mol. The smallest absolute Gasteiger partial charge is 0.338 e. The first-order valence-corrected chi connectivity index (χ1v) is 5.56. The summed E-state index contributed by atoms with van der Waals surface area (Å²) in [6.07, 6.45) is -2.71. The molecule has 3 nitrogen and oxygen atoms in total. The molecule has 0 bridgehead atoms. The Morgan fingerprint density at radius 3 is 2.69 bits per heavy atom. The fourth-order valence-corrected chi connectivity index (χ4v) is 1.79. The van der Waals surface area contributed by atoms with Gasteiger partial charge in [0.15, 0.2) is 0 Å². The lowest BCUT2D eigenvalue weighted by atomic mass is 10.1. The number of hydrogen-bond donors (Lipinski definition) is 0. The Hall–Kier alpha value is -1.04. The molecule has 0 aliphatic rings. The van der Waals surface area contributed by atoms with Crippen LogP contribution in [0.1, 0.15) is 33.7 Å². The molecule has 0 aromatic carbocycles. The molecule has 1 aromatic rings. The Balaban J connectivity index is 3.35. The van der Waals surface area contributed by atoms with Gasteiger partial charge in [0.1, 0.15) is 5.69 Å². The van der Waals surface area contributed by atoms with Gasteiger partial charge in [-0.25, -0.2) is 13.6 Å². The summed E-state index contributed by atoms with van der Waals surface area (Å²) in [5.74, 6) is -0.635. The predicted octanol–water partition coefficient (Wildman–Crippen LogP) is 3.01. The Bertz CT molecular complexity index is 410. The molecule has 1 heterocycles. The molecule has 6 heteroatoms. The van der Waals surface area contributed by atoms with Crippen molar-refractivity contribution in [2.24, 2.45) is 0 Å². The number of carbonyl (C=O) groups excluding carboxylic acids is 1. The van der Waals surface area contributed by atoms with Gasteiger partial charge in [-0.3, -0.25) is 4.98 Å². The van der Waals surface area contributed by atoms with E-state index in [0.29, 0.717) is 16.6 Å². The highest BCUT2D eigenvalue weighted by molar-refractivity contribution is 9.08. The number of pyridine rings is 1. The van der Waals surface area contributed by atoms with Crippen molar-refractivity contribution >= 4 is 21.9 Å². The van der Waals surface area contributed by atoms with Crippen LogP contribution in [0.5, 0.6) is 0 Å². The van der Waals surface area contributed by atoms with Gasteiger partial charge >= 0.3 is 5.97 Å². The number of methoxy groups -OCH3 is 1. The summed E-state index contributed by atoms with van der Waals surface area (Å²) >= 11 is 3.14. The van der Waals surface area contributed by atoms with Crippen molar-refractivity contribution in [2.45, 2.75) is 18.7 Å². The summed E-state index contributed by atoms with van der Waals surface area (Å²) in [6.45, 7) is 1.64. The van der Waals surface area contributed by atoms with Gasteiger partial charge in [-0.1, -0.05) is 15.9 Å². The van der Waals surface area contributed by atoms with E-state index in [1.807, 2.05) is 0 Å². The van der Waals surface area contributed by atoms with Crippen molar-refractivity contribution in [3.05, 3.63) is 28.6 Å². The van der Waals surface area contributed by atoms with Crippen LogP contribution >= 0.6 is 15.9 Å². The number of aromatic nitrogens is 1. The van der Waals surface area contributed by atoms with Crippen LogP contribution in [-0.4, -0.2) is 18.1 Å². The van der Waals surface area contributed by atoms with Crippen molar-refractivity contribution in [3.63, 3.8) is 0 Å². The van der Waals surface area contributed by atoms with Crippen LogP contribution < -0.4 is 0 Å². The van der Waals surface area contributed by atoms with Gasteiger partial charge in [0.05, 0.1) is 18.4 Å². The maximum atomic E-state index is 12.5. The standard InChI is InChI=1S/C10H10BrF2NO2/c1-5-6(10(15)16-2)3-7(9(12)13)14-8(5)4-11/h3,9H,4H2,1-2H3. The molecule has 0 aliphatic carbocycles. The number of nitrogens with zero attached hydrogens (tertiary/aromatic N) is 1. The Labute approximate surface area is 99.9 Å². The monoisotopic (exact) mass is 293 g/mol. The maximum Gasteiger partial charge on any atom is 0.338 e. The molecule has 0 saturated carbocycles. The first kappa shape index (κ1) is 13.0. The summed E-state index contributed by atoms with van der Waals surface area (Å²) in [4.78, 5) is 15.1. The van der Waals surface area contributed by atoms with Gasteiger partial charge < -0.3 is 4.74 Å². The molecule has 0 unspecified atom stereocenters. The molecule has 0 fully saturated rings. The van der Waals surface area contributed by atoms with Crippen molar-refractivity contribution in [1.82, 2.24) is 4.98 Å².